The molecule has 0 aliphatic carbocycles. The molecule has 5 heteroatoms. The number of aryl methyl sites for hydroxylation is 1. The van der Waals surface area contributed by atoms with Gasteiger partial charge < -0.3 is 14.8 Å². The molecule has 1 amide bonds. The van der Waals surface area contributed by atoms with E-state index in [-0.39, 0.29) is 18.3 Å². The quantitative estimate of drug-likeness (QED) is 0.762. The summed E-state index contributed by atoms with van der Waals surface area (Å²) in [6.07, 6.45) is 1.63. The van der Waals surface area contributed by atoms with Crippen molar-refractivity contribution in [1.29, 1.82) is 0 Å². The molecule has 0 bridgehead atoms. The zero-order valence-corrected chi connectivity index (χ0v) is 13.0. The Kier molecular flexibility index (Phi) is 6.41. The lowest BCUT2D eigenvalue weighted by Gasteiger charge is -2.09. The lowest BCUT2D eigenvalue weighted by Crippen LogP contribution is -2.29. The number of halogens is 1. The molecule has 0 aliphatic heterocycles. The summed E-state index contributed by atoms with van der Waals surface area (Å²) in [5.74, 6) is 0.793. The third-order valence-electron chi connectivity index (χ3n) is 3.32. The Morgan fingerprint density at radius 2 is 1.87 bits per heavy atom. The first-order valence-corrected chi connectivity index (χ1v) is 7.46. The van der Waals surface area contributed by atoms with Gasteiger partial charge in [0.15, 0.2) is 6.61 Å². The van der Waals surface area contributed by atoms with E-state index >= 15 is 0 Å². The third-order valence-corrected chi connectivity index (χ3v) is 3.32. The summed E-state index contributed by atoms with van der Waals surface area (Å²) < 4.78 is 23.3. The van der Waals surface area contributed by atoms with Crippen LogP contribution in [0.4, 0.5) is 4.39 Å². The number of rotatable bonds is 8. The van der Waals surface area contributed by atoms with E-state index in [2.05, 4.69) is 5.32 Å². The van der Waals surface area contributed by atoms with E-state index in [1.54, 1.807) is 7.11 Å². The monoisotopic (exact) mass is 317 g/mol. The van der Waals surface area contributed by atoms with Crippen LogP contribution in [0, 0.1) is 5.82 Å². The summed E-state index contributed by atoms with van der Waals surface area (Å²) in [6.45, 7) is 0.476. The van der Waals surface area contributed by atoms with Crippen molar-refractivity contribution >= 4 is 5.91 Å². The lowest BCUT2D eigenvalue weighted by atomic mass is 10.1. The molecule has 0 spiro atoms. The van der Waals surface area contributed by atoms with E-state index in [4.69, 9.17) is 9.47 Å². The summed E-state index contributed by atoms with van der Waals surface area (Å²) in [5.41, 5.74) is 1.12. The predicted octanol–water partition coefficient (Wildman–Crippen LogP) is 2.96. The summed E-state index contributed by atoms with van der Waals surface area (Å²) in [5, 5.41) is 2.79. The van der Waals surface area contributed by atoms with Crippen LogP contribution in [0.25, 0.3) is 0 Å². The number of carbonyl (C=O) groups excluding carboxylic acids is 1. The number of ether oxygens (including phenoxy) is 2. The SMILES string of the molecule is COc1ccccc1CCCNC(=O)COc1ccc(F)cc1. The average Bonchev–Trinajstić information content (AvgIpc) is 2.58. The van der Waals surface area contributed by atoms with Crippen LogP contribution in [0.3, 0.4) is 0 Å². The Bertz CT molecular complexity index is 628. The van der Waals surface area contributed by atoms with E-state index in [9.17, 15) is 9.18 Å². The molecular formula is C18H20FNO3. The number of para-hydroxylation sites is 1. The second-order valence-corrected chi connectivity index (χ2v) is 5.01. The minimum atomic E-state index is -0.335. The van der Waals surface area contributed by atoms with E-state index in [0.29, 0.717) is 12.3 Å². The van der Waals surface area contributed by atoms with Crippen LogP contribution in [0.15, 0.2) is 48.5 Å². The first-order valence-electron chi connectivity index (χ1n) is 7.46. The second-order valence-electron chi connectivity index (χ2n) is 5.01. The smallest absolute Gasteiger partial charge is 0.257 e. The van der Waals surface area contributed by atoms with E-state index in [1.807, 2.05) is 24.3 Å². The number of amides is 1. The molecule has 4 nitrogen and oxygen atoms in total. The van der Waals surface area contributed by atoms with Crippen LogP contribution in [0.2, 0.25) is 0 Å². The predicted molar refractivity (Wildman–Crippen MR) is 86.2 cm³/mol. The molecule has 0 atom stereocenters. The molecule has 0 unspecified atom stereocenters. The Morgan fingerprint density at radius 3 is 2.61 bits per heavy atom. The molecule has 0 aromatic heterocycles. The number of benzene rings is 2. The fourth-order valence-electron chi connectivity index (χ4n) is 2.15. The van der Waals surface area contributed by atoms with Crippen LogP contribution in [-0.2, 0) is 11.2 Å². The van der Waals surface area contributed by atoms with E-state index < -0.39 is 0 Å². The molecule has 2 aromatic carbocycles. The normalized spacial score (nSPS) is 10.2. The van der Waals surface area contributed by atoms with Gasteiger partial charge in [-0.1, -0.05) is 18.2 Å². The second kappa shape index (κ2) is 8.78. The van der Waals surface area contributed by atoms with Crippen molar-refractivity contribution in [3.63, 3.8) is 0 Å². The molecule has 0 radical (unpaired) electrons. The minimum Gasteiger partial charge on any atom is -0.496 e. The summed E-state index contributed by atoms with van der Waals surface area (Å²) in [4.78, 5) is 11.7. The molecule has 2 rings (SSSR count). The highest BCUT2D eigenvalue weighted by Gasteiger charge is 2.04. The summed E-state index contributed by atoms with van der Waals surface area (Å²) >= 11 is 0. The third kappa shape index (κ3) is 5.62. The fraction of sp³-hybridized carbons (Fsp3) is 0.278. The van der Waals surface area contributed by atoms with Crippen molar-refractivity contribution < 1.29 is 18.7 Å². The van der Waals surface area contributed by atoms with E-state index in [1.165, 1.54) is 24.3 Å². The van der Waals surface area contributed by atoms with Crippen molar-refractivity contribution in [1.82, 2.24) is 5.32 Å². The molecule has 0 saturated heterocycles. The highest BCUT2D eigenvalue weighted by Crippen LogP contribution is 2.18. The Balaban J connectivity index is 1.66. The van der Waals surface area contributed by atoms with Crippen LogP contribution in [0.1, 0.15) is 12.0 Å². The molecule has 0 fully saturated rings. The van der Waals surface area contributed by atoms with E-state index in [0.717, 1.165) is 24.2 Å². The molecule has 0 heterocycles. The van der Waals surface area contributed by atoms with Crippen molar-refractivity contribution in [2.45, 2.75) is 12.8 Å². The molecule has 122 valence electrons. The first kappa shape index (κ1) is 16.8. The zero-order chi connectivity index (χ0) is 16.5. The van der Waals surface area contributed by atoms with Crippen molar-refractivity contribution in [3.8, 4) is 11.5 Å². The highest BCUT2D eigenvalue weighted by atomic mass is 19.1. The summed E-state index contributed by atoms with van der Waals surface area (Å²) in [6, 6.07) is 13.4. The van der Waals surface area contributed by atoms with Gasteiger partial charge in [0, 0.05) is 6.54 Å². The number of hydrogen-bond acceptors (Lipinski definition) is 3. The minimum absolute atomic E-state index is 0.0830. The molecule has 2 aromatic rings. The van der Waals surface area contributed by atoms with Gasteiger partial charge >= 0.3 is 0 Å². The lowest BCUT2D eigenvalue weighted by molar-refractivity contribution is -0.123. The van der Waals surface area contributed by atoms with Crippen molar-refractivity contribution in [2.24, 2.45) is 0 Å². The van der Waals surface area contributed by atoms with Crippen LogP contribution in [0.5, 0.6) is 11.5 Å². The first-order chi connectivity index (χ1) is 11.2. The largest absolute Gasteiger partial charge is 0.496 e. The van der Waals surface area contributed by atoms with Gasteiger partial charge in [0.05, 0.1) is 7.11 Å². The van der Waals surface area contributed by atoms with Gasteiger partial charge in [0.25, 0.3) is 5.91 Å². The van der Waals surface area contributed by atoms with Crippen LogP contribution < -0.4 is 14.8 Å². The van der Waals surface area contributed by atoms with Gasteiger partial charge in [-0.05, 0) is 48.7 Å². The molecule has 23 heavy (non-hydrogen) atoms. The van der Waals surface area contributed by atoms with Gasteiger partial charge in [-0.15, -0.1) is 0 Å². The number of nitrogens with one attached hydrogen (secondary N) is 1. The number of hydrogen-bond donors (Lipinski definition) is 1. The standard InChI is InChI=1S/C18H20FNO3/c1-22-17-7-3-2-5-14(17)6-4-12-20-18(21)13-23-16-10-8-15(19)9-11-16/h2-3,5,7-11H,4,6,12-13H2,1H3,(H,20,21). The van der Waals surface area contributed by atoms with Gasteiger partial charge in [-0.2, -0.15) is 0 Å². The Morgan fingerprint density at radius 1 is 1.13 bits per heavy atom. The number of methoxy groups -OCH3 is 1. The average molecular weight is 317 g/mol. The maximum Gasteiger partial charge on any atom is 0.257 e. The molecule has 1 N–H and O–H groups in total. The topological polar surface area (TPSA) is 47.6 Å². The maximum atomic E-state index is 12.7. The summed E-state index contributed by atoms with van der Waals surface area (Å²) in [7, 11) is 1.65. The number of carbonyl (C=O) groups is 1. The Hall–Kier alpha value is -2.56. The van der Waals surface area contributed by atoms with Crippen LogP contribution in [-0.4, -0.2) is 26.2 Å². The molecule has 0 aliphatic rings. The fourth-order valence-corrected chi connectivity index (χ4v) is 2.15. The van der Waals surface area contributed by atoms with Gasteiger partial charge in [0.1, 0.15) is 17.3 Å². The maximum absolute atomic E-state index is 12.7. The van der Waals surface area contributed by atoms with Crippen LogP contribution >= 0.6 is 0 Å². The van der Waals surface area contributed by atoms with Gasteiger partial charge in [0.2, 0.25) is 0 Å². The van der Waals surface area contributed by atoms with Gasteiger partial charge in [-0.25, -0.2) is 4.39 Å². The van der Waals surface area contributed by atoms with Crippen molar-refractivity contribution in [2.75, 3.05) is 20.3 Å². The molecule has 0 saturated carbocycles. The Labute approximate surface area is 135 Å². The van der Waals surface area contributed by atoms with Crippen molar-refractivity contribution in [3.05, 3.63) is 59.9 Å². The molecular weight excluding hydrogens is 297 g/mol. The zero-order valence-electron chi connectivity index (χ0n) is 13.0. The van der Waals surface area contributed by atoms with Gasteiger partial charge in [-0.3, -0.25) is 4.79 Å². The highest BCUT2D eigenvalue weighted by molar-refractivity contribution is 5.77.